The van der Waals surface area contributed by atoms with E-state index in [1.54, 1.807) is 0 Å². The Labute approximate surface area is 90.8 Å². The van der Waals surface area contributed by atoms with Crippen LogP contribution in [0.5, 0.6) is 0 Å². The first kappa shape index (κ1) is 11.1. The number of hydrogen-bond acceptors (Lipinski definition) is 3. The highest BCUT2D eigenvalue weighted by molar-refractivity contribution is 4.94. The zero-order chi connectivity index (χ0) is 10.7. The van der Waals surface area contributed by atoms with Gasteiger partial charge in [0.25, 0.3) is 0 Å². The topological polar surface area (TPSA) is 53.0 Å². The van der Waals surface area contributed by atoms with Gasteiger partial charge in [0.2, 0.25) is 0 Å². The Bertz CT molecular complexity index is 227. The number of aliphatic hydroxyl groups is 2. The van der Waals surface area contributed by atoms with Gasteiger partial charge in [-0.1, -0.05) is 12.2 Å². The third-order valence-corrected chi connectivity index (χ3v) is 3.22. The first-order chi connectivity index (χ1) is 7.27. The summed E-state index contributed by atoms with van der Waals surface area (Å²) < 4.78 is 5.14. The van der Waals surface area contributed by atoms with Crippen molar-refractivity contribution in [3.05, 3.63) is 12.2 Å². The molecule has 1 saturated heterocycles. The quantitative estimate of drug-likeness (QED) is 0.471. The Morgan fingerprint density at radius 3 is 2.40 bits per heavy atom. The summed E-state index contributed by atoms with van der Waals surface area (Å²) in [7, 11) is 0. The van der Waals surface area contributed by atoms with E-state index in [4.69, 9.17) is 14.9 Å². The number of hydrogen-bond donors (Lipinski definition) is 2. The van der Waals surface area contributed by atoms with Gasteiger partial charge in [-0.15, -0.1) is 0 Å². The maximum absolute atomic E-state index is 9.09. The first-order valence-corrected chi connectivity index (χ1v) is 5.95. The maximum Gasteiger partial charge on any atom is 0.110 e. The summed E-state index contributed by atoms with van der Waals surface area (Å²) in [6, 6.07) is 0. The fraction of sp³-hybridized carbons (Fsp3) is 0.833. The highest BCUT2D eigenvalue weighted by Crippen LogP contribution is 2.36. The lowest BCUT2D eigenvalue weighted by atomic mass is 9.98. The van der Waals surface area contributed by atoms with Crippen LogP contribution in [0.1, 0.15) is 38.5 Å². The van der Waals surface area contributed by atoms with Crippen LogP contribution < -0.4 is 0 Å². The van der Waals surface area contributed by atoms with Gasteiger partial charge in [-0.05, 0) is 38.5 Å². The molecular weight excluding hydrogens is 192 g/mol. The lowest BCUT2D eigenvalue weighted by Gasteiger charge is -2.10. The van der Waals surface area contributed by atoms with Gasteiger partial charge in [0.1, 0.15) is 6.10 Å². The van der Waals surface area contributed by atoms with Gasteiger partial charge in [-0.3, -0.25) is 0 Å². The van der Waals surface area contributed by atoms with Gasteiger partial charge in [-0.25, -0.2) is 0 Å². The van der Waals surface area contributed by atoms with E-state index in [1.807, 2.05) is 12.2 Å². The highest BCUT2D eigenvalue weighted by Gasteiger charge is 2.46. The largest absolute Gasteiger partial charge is 0.390 e. The van der Waals surface area contributed by atoms with E-state index in [1.165, 1.54) is 6.42 Å². The van der Waals surface area contributed by atoms with Crippen LogP contribution in [0.2, 0.25) is 0 Å². The van der Waals surface area contributed by atoms with E-state index >= 15 is 0 Å². The van der Waals surface area contributed by atoms with Crippen molar-refractivity contribution in [1.29, 1.82) is 0 Å². The van der Waals surface area contributed by atoms with Gasteiger partial charge in [-0.2, -0.15) is 0 Å². The van der Waals surface area contributed by atoms with Crippen LogP contribution in [0.25, 0.3) is 0 Å². The van der Waals surface area contributed by atoms with Gasteiger partial charge < -0.3 is 14.9 Å². The zero-order valence-corrected chi connectivity index (χ0v) is 9.01. The molecule has 0 unspecified atom stereocenters. The molecule has 1 saturated carbocycles. The Hall–Kier alpha value is -0.380. The molecule has 0 bridgehead atoms. The van der Waals surface area contributed by atoms with Crippen molar-refractivity contribution in [3.8, 4) is 0 Å². The van der Waals surface area contributed by atoms with Crippen LogP contribution in [0.3, 0.4) is 0 Å². The van der Waals surface area contributed by atoms with E-state index in [9.17, 15) is 0 Å². The monoisotopic (exact) mass is 212 g/mol. The van der Waals surface area contributed by atoms with Crippen molar-refractivity contribution in [2.24, 2.45) is 0 Å². The Kier molecular flexibility index (Phi) is 3.78. The molecule has 3 rings (SSSR count). The van der Waals surface area contributed by atoms with E-state index in [-0.39, 0.29) is 18.3 Å². The fourth-order valence-corrected chi connectivity index (χ4v) is 2.21. The molecule has 15 heavy (non-hydrogen) atoms. The highest BCUT2D eigenvalue weighted by atomic mass is 16.6. The smallest absolute Gasteiger partial charge is 0.110 e. The average Bonchev–Trinajstić information content (AvgIpc) is 3.00. The molecule has 3 nitrogen and oxygen atoms in total. The molecule has 2 aliphatic carbocycles. The van der Waals surface area contributed by atoms with Crippen LogP contribution in [0.15, 0.2) is 12.2 Å². The number of rotatable bonds is 0. The fourth-order valence-electron chi connectivity index (χ4n) is 2.21. The third-order valence-electron chi connectivity index (χ3n) is 3.22. The van der Waals surface area contributed by atoms with Gasteiger partial charge in [0, 0.05) is 0 Å². The minimum atomic E-state index is -0.145. The summed E-state index contributed by atoms with van der Waals surface area (Å²) in [6.07, 6.45) is 10.8. The van der Waals surface area contributed by atoms with Crippen molar-refractivity contribution >= 4 is 0 Å². The molecule has 0 radical (unpaired) electrons. The summed E-state index contributed by atoms with van der Waals surface area (Å²) in [5.74, 6) is 0. The molecule has 2 N–H and O–H groups in total. The second-order valence-corrected chi connectivity index (χ2v) is 4.56. The Morgan fingerprint density at radius 1 is 1.07 bits per heavy atom. The average molecular weight is 212 g/mol. The van der Waals surface area contributed by atoms with Crippen LogP contribution in [0.4, 0.5) is 0 Å². The molecular formula is C12H20O3. The predicted octanol–water partition coefficient (Wildman–Crippen LogP) is 1.39. The zero-order valence-electron chi connectivity index (χ0n) is 9.01. The Morgan fingerprint density at radius 2 is 1.93 bits per heavy atom. The summed E-state index contributed by atoms with van der Waals surface area (Å²) in [6.45, 7) is 0. The Balaban J connectivity index is 0.000000115. The minimum Gasteiger partial charge on any atom is -0.390 e. The summed E-state index contributed by atoms with van der Waals surface area (Å²) in [5, 5.41) is 17.9. The minimum absolute atomic E-state index is 0.145. The molecule has 0 aromatic heterocycles. The van der Waals surface area contributed by atoms with Gasteiger partial charge >= 0.3 is 0 Å². The van der Waals surface area contributed by atoms with Crippen LogP contribution >= 0.6 is 0 Å². The van der Waals surface area contributed by atoms with E-state index in [0.29, 0.717) is 6.10 Å². The molecule has 0 aromatic rings. The van der Waals surface area contributed by atoms with Crippen molar-refractivity contribution in [1.82, 2.24) is 0 Å². The maximum atomic E-state index is 9.09. The number of aliphatic hydroxyl groups excluding tert-OH is 2. The number of epoxide rings is 1. The molecule has 3 heteroatoms. The summed E-state index contributed by atoms with van der Waals surface area (Å²) in [5.41, 5.74) is 0. The molecule has 0 amide bonds. The first-order valence-electron chi connectivity index (χ1n) is 5.95. The molecule has 86 valence electrons. The third kappa shape index (κ3) is 3.30. The van der Waals surface area contributed by atoms with Crippen molar-refractivity contribution in [3.63, 3.8) is 0 Å². The standard InChI is InChI=1S/C6H10O2.C6H10O/c7-4-2-1-3-5-6(4)8-5;7-6-4-2-1-3-5-6/h4-7H,1-3H2;2,4,6-7H,1,3,5H2/t4-,5+,6-;6-/m01/s1. The molecule has 3 aliphatic rings. The van der Waals surface area contributed by atoms with Gasteiger partial charge in [0.05, 0.1) is 18.3 Å². The van der Waals surface area contributed by atoms with Crippen molar-refractivity contribution in [2.45, 2.75) is 62.9 Å². The summed E-state index contributed by atoms with van der Waals surface area (Å²) in [4.78, 5) is 0. The second-order valence-electron chi connectivity index (χ2n) is 4.56. The normalized spacial score (nSPS) is 42.5. The number of fused-ring (bicyclic) bond motifs is 1. The van der Waals surface area contributed by atoms with E-state index in [0.717, 1.165) is 32.1 Å². The molecule has 2 fully saturated rings. The number of allylic oxidation sites excluding steroid dienone is 1. The van der Waals surface area contributed by atoms with Gasteiger partial charge in [0.15, 0.2) is 0 Å². The predicted molar refractivity (Wildman–Crippen MR) is 57.5 cm³/mol. The molecule has 4 atom stereocenters. The molecule has 1 heterocycles. The molecule has 0 spiro atoms. The number of ether oxygens (including phenoxy) is 1. The molecule has 1 aliphatic heterocycles. The van der Waals surface area contributed by atoms with Crippen LogP contribution in [0, 0.1) is 0 Å². The second kappa shape index (κ2) is 5.10. The lowest BCUT2D eigenvalue weighted by molar-refractivity contribution is 0.124. The van der Waals surface area contributed by atoms with Crippen LogP contribution in [-0.4, -0.2) is 34.6 Å². The molecule has 0 aromatic carbocycles. The van der Waals surface area contributed by atoms with Crippen molar-refractivity contribution in [2.75, 3.05) is 0 Å². The SMILES string of the molecule is O[C@@H]1C=CCCC1.O[C@H]1CCC[C@H]2O[C@@H]12. The lowest BCUT2D eigenvalue weighted by Crippen LogP contribution is -2.20. The van der Waals surface area contributed by atoms with E-state index in [2.05, 4.69) is 0 Å². The van der Waals surface area contributed by atoms with Crippen LogP contribution in [-0.2, 0) is 4.74 Å². The summed E-state index contributed by atoms with van der Waals surface area (Å²) >= 11 is 0. The van der Waals surface area contributed by atoms with E-state index < -0.39 is 0 Å². The van der Waals surface area contributed by atoms with Crippen molar-refractivity contribution < 1.29 is 14.9 Å².